The fraction of sp³-hybridized carbons (Fsp3) is 0.933. The van der Waals surface area contributed by atoms with E-state index in [0.29, 0.717) is 6.04 Å². The van der Waals surface area contributed by atoms with Crippen LogP contribution in [0.4, 0.5) is 0 Å². The van der Waals surface area contributed by atoms with Crippen LogP contribution in [0.3, 0.4) is 0 Å². The summed E-state index contributed by atoms with van der Waals surface area (Å²) in [5, 5.41) is 6.60. The fourth-order valence-electron chi connectivity index (χ4n) is 3.54. The molecule has 110 valence electrons. The first-order chi connectivity index (χ1) is 9.03. The lowest BCUT2D eigenvalue weighted by molar-refractivity contribution is -0.124. The van der Waals surface area contributed by atoms with Crippen LogP contribution in [0.25, 0.3) is 0 Å². The highest BCUT2D eigenvalue weighted by Crippen LogP contribution is 2.33. The maximum atomic E-state index is 12.3. The molecule has 1 saturated carbocycles. The van der Waals surface area contributed by atoms with Crippen LogP contribution in [0.15, 0.2) is 0 Å². The summed E-state index contributed by atoms with van der Waals surface area (Å²) < 4.78 is 0. The van der Waals surface area contributed by atoms with Gasteiger partial charge in [-0.05, 0) is 53.1 Å². The van der Waals surface area contributed by atoms with Gasteiger partial charge in [0.1, 0.15) is 0 Å². The molecule has 2 rings (SSSR count). The average molecular weight is 267 g/mol. The van der Waals surface area contributed by atoms with Crippen molar-refractivity contribution in [1.82, 2.24) is 15.5 Å². The summed E-state index contributed by atoms with van der Waals surface area (Å²) in [5.41, 5.74) is 0.190. The van der Waals surface area contributed by atoms with Gasteiger partial charge in [-0.25, -0.2) is 0 Å². The predicted octanol–water partition coefficient (Wildman–Crippen LogP) is 1.51. The fourth-order valence-corrected chi connectivity index (χ4v) is 3.54. The van der Waals surface area contributed by atoms with E-state index >= 15 is 0 Å². The van der Waals surface area contributed by atoms with Gasteiger partial charge in [0.2, 0.25) is 5.91 Å². The van der Waals surface area contributed by atoms with Gasteiger partial charge in [-0.3, -0.25) is 4.79 Å². The van der Waals surface area contributed by atoms with E-state index in [1.165, 1.54) is 32.1 Å². The van der Waals surface area contributed by atoms with Gasteiger partial charge in [-0.2, -0.15) is 0 Å². The first kappa shape index (κ1) is 14.8. The van der Waals surface area contributed by atoms with E-state index in [4.69, 9.17) is 0 Å². The van der Waals surface area contributed by atoms with Crippen LogP contribution in [-0.4, -0.2) is 49.1 Å². The molecule has 19 heavy (non-hydrogen) atoms. The highest BCUT2D eigenvalue weighted by Gasteiger charge is 2.36. The molecule has 0 aromatic heterocycles. The summed E-state index contributed by atoms with van der Waals surface area (Å²) in [6.45, 7) is 2.96. The molecular formula is C15H29N3O. The van der Waals surface area contributed by atoms with Gasteiger partial charge >= 0.3 is 0 Å². The third kappa shape index (κ3) is 3.48. The van der Waals surface area contributed by atoms with E-state index in [0.717, 1.165) is 19.4 Å². The summed E-state index contributed by atoms with van der Waals surface area (Å²) >= 11 is 0. The molecule has 1 heterocycles. The number of hydrogen-bond donors (Lipinski definition) is 2. The van der Waals surface area contributed by atoms with Crippen LogP contribution >= 0.6 is 0 Å². The molecule has 1 saturated heterocycles. The van der Waals surface area contributed by atoms with Crippen molar-refractivity contribution in [2.75, 3.05) is 20.6 Å². The minimum Gasteiger partial charge on any atom is -0.353 e. The average Bonchev–Trinajstić information content (AvgIpc) is 2.86. The van der Waals surface area contributed by atoms with E-state index in [-0.39, 0.29) is 17.5 Å². The molecule has 0 aromatic rings. The number of carbonyl (C=O) groups excluding carboxylic acids is 1. The smallest absolute Gasteiger partial charge is 0.237 e. The molecule has 2 N–H and O–H groups in total. The number of carbonyl (C=O) groups is 1. The Labute approximate surface area is 117 Å². The Balaban J connectivity index is 1.85. The molecular weight excluding hydrogens is 238 g/mol. The second-order valence-corrected chi connectivity index (χ2v) is 6.59. The number of nitrogens with zero attached hydrogens (tertiary/aromatic N) is 1. The van der Waals surface area contributed by atoms with Gasteiger partial charge < -0.3 is 15.5 Å². The predicted molar refractivity (Wildman–Crippen MR) is 78.1 cm³/mol. The van der Waals surface area contributed by atoms with Crippen LogP contribution in [0, 0.1) is 0 Å². The van der Waals surface area contributed by atoms with E-state index in [1.807, 2.05) is 0 Å². The number of nitrogens with one attached hydrogen (secondary N) is 2. The van der Waals surface area contributed by atoms with E-state index in [2.05, 4.69) is 36.6 Å². The zero-order valence-electron chi connectivity index (χ0n) is 12.7. The molecule has 2 atom stereocenters. The maximum absolute atomic E-state index is 12.3. The van der Waals surface area contributed by atoms with Crippen molar-refractivity contribution in [3.05, 3.63) is 0 Å². The van der Waals surface area contributed by atoms with Crippen LogP contribution in [-0.2, 0) is 4.79 Å². The van der Waals surface area contributed by atoms with E-state index in [9.17, 15) is 4.79 Å². The minimum absolute atomic E-state index is 0.0179. The zero-order chi connectivity index (χ0) is 13.9. The molecule has 0 radical (unpaired) electrons. The van der Waals surface area contributed by atoms with Gasteiger partial charge in [0.15, 0.2) is 0 Å². The Hall–Kier alpha value is -0.610. The van der Waals surface area contributed by atoms with E-state index in [1.54, 1.807) is 0 Å². The van der Waals surface area contributed by atoms with E-state index < -0.39 is 0 Å². The molecule has 2 fully saturated rings. The molecule has 2 aliphatic rings. The van der Waals surface area contributed by atoms with Crippen molar-refractivity contribution in [2.24, 2.45) is 0 Å². The van der Waals surface area contributed by atoms with Crippen molar-refractivity contribution >= 4 is 5.91 Å². The van der Waals surface area contributed by atoms with Gasteiger partial charge in [-0.1, -0.05) is 12.8 Å². The first-order valence-corrected chi connectivity index (χ1v) is 7.75. The molecule has 0 spiro atoms. The minimum atomic E-state index is 0.0179. The highest BCUT2D eigenvalue weighted by molar-refractivity contribution is 5.81. The lowest BCUT2D eigenvalue weighted by atomic mass is 9.95. The zero-order valence-corrected chi connectivity index (χ0v) is 12.7. The Morgan fingerprint density at radius 2 is 1.95 bits per heavy atom. The van der Waals surface area contributed by atoms with Gasteiger partial charge in [0.25, 0.3) is 0 Å². The summed E-state index contributed by atoms with van der Waals surface area (Å²) in [7, 11) is 4.27. The van der Waals surface area contributed by atoms with Crippen molar-refractivity contribution in [3.8, 4) is 0 Å². The largest absolute Gasteiger partial charge is 0.353 e. The van der Waals surface area contributed by atoms with Crippen molar-refractivity contribution in [3.63, 3.8) is 0 Å². The van der Waals surface area contributed by atoms with Crippen LogP contribution < -0.4 is 10.6 Å². The Kier molecular flexibility index (Phi) is 4.85. The molecule has 4 heteroatoms. The summed E-state index contributed by atoms with van der Waals surface area (Å²) in [5.74, 6) is 0.194. The quantitative estimate of drug-likeness (QED) is 0.811. The van der Waals surface area contributed by atoms with Crippen LogP contribution in [0.2, 0.25) is 0 Å². The molecule has 0 bridgehead atoms. The third-order valence-corrected chi connectivity index (χ3v) is 5.01. The van der Waals surface area contributed by atoms with Crippen molar-refractivity contribution < 1.29 is 4.79 Å². The van der Waals surface area contributed by atoms with Gasteiger partial charge in [-0.15, -0.1) is 0 Å². The van der Waals surface area contributed by atoms with Gasteiger partial charge in [0, 0.05) is 18.1 Å². The first-order valence-electron chi connectivity index (χ1n) is 7.75. The SMILES string of the molecule is CC1CCCC(C(=O)NCC2(N(C)C)CCCC2)N1. The molecule has 1 aliphatic carbocycles. The second-order valence-electron chi connectivity index (χ2n) is 6.59. The topological polar surface area (TPSA) is 44.4 Å². The summed E-state index contributed by atoms with van der Waals surface area (Å²) in [6.07, 6.45) is 8.30. The van der Waals surface area contributed by atoms with Crippen LogP contribution in [0.1, 0.15) is 51.9 Å². The number of hydrogen-bond acceptors (Lipinski definition) is 3. The number of likely N-dealkylation sites (N-methyl/N-ethyl adjacent to an activating group) is 1. The Morgan fingerprint density at radius 3 is 2.53 bits per heavy atom. The van der Waals surface area contributed by atoms with Gasteiger partial charge in [0.05, 0.1) is 6.04 Å². The Bertz CT molecular complexity index is 311. The van der Waals surface area contributed by atoms with Crippen molar-refractivity contribution in [2.45, 2.75) is 69.5 Å². The number of amides is 1. The molecule has 4 nitrogen and oxygen atoms in total. The number of piperidine rings is 1. The second kappa shape index (κ2) is 6.23. The maximum Gasteiger partial charge on any atom is 0.237 e. The lowest BCUT2D eigenvalue weighted by Crippen LogP contribution is -2.55. The molecule has 2 unspecified atom stereocenters. The highest BCUT2D eigenvalue weighted by atomic mass is 16.2. The normalized spacial score (nSPS) is 30.5. The van der Waals surface area contributed by atoms with Crippen LogP contribution in [0.5, 0.6) is 0 Å². The standard InChI is InChI=1S/C15H29N3O/c1-12-7-6-8-13(17-12)14(19)16-11-15(18(2)3)9-4-5-10-15/h12-13,17H,4-11H2,1-3H3,(H,16,19). The monoisotopic (exact) mass is 267 g/mol. The molecule has 1 amide bonds. The molecule has 1 aliphatic heterocycles. The number of rotatable bonds is 4. The Morgan fingerprint density at radius 1 is 1.26 bits per heavy atom. The van der Waals surface area contributed by atoms with Crippen molar-refractivity contribution in [1.29, 1.82) is 0 Å². The molecule has 0 aromatic carbocycles. The summed E-state index contributed by atoms with van der Waals surface area (Å²) in [6, 6.07) is 0.489. The summed E-state index contributed by atoms with van der Waals surface area (Å²) in [4.78, 5) is 14.6. The lowest BCUT2D eigenvalue weighted by Gasteiger charge is -2.37. The third-order valence-electron chi connectivity index (χ3n) is 5.01.